The third kappa shape index (κ3) is 3.46. The molecule has 3 aromatic rings. The van der Waals surface area contributed by atoms with Gasteiger partial charge < -0.3 is 36.3 Å². The highest BCUT2D eigenvalue weighted by Gasteiger charge is 2.18. The van der Waals surface area contributed by atoms with Crippen LogP contribution in [0.2, 0.25) is 0 Å². The van der Waals surface area contributed by atoms with Crippen LogP contribution in [-0.4, -0.2) is 32.4 Å². The maximum Gasteiger partial charge on any atom is 0.200 e. The van der Waals surface area contributed by atoms with Gasteiger partial charge in [-0.2, -0.15) is 0 Å². The molecule has 2 N–H and O–H groups in total. The van der Waals surface area contributed by atoms with Crippen LogP contribution in [0.3, 0.4) is 0 Å². The number of phenolic OH excluding ortho intramolecular Hbond substituents is 1. The van der Waals surface area contributed by atoms with Crippen molar-refractivity contribution in [3.63, 3.8) is 0 Å². The summed E-state index contributed by atoms with van der Waals surface area (Å²) in [6.07, 6.45) is 1.45. The molecule has 7 heteroatoms. The first-order chi connectivity index (χ1) is 12.5. The molecule has 0 aliphatic carbocycles. The molecular formula is C20H20ClNO5. The fourth-order valence-corrected chi connectivity index (χ4v) is 3.18. The van der Waals surface area contributed by atoms with Crippen molar-refractivity contribution in [1.82, 2.24) is 0 Å². The number of fused-ring (bicyclic) bond motifs is 2. The van der Waals surface area contributed by atoms with Crippen LogP contribution in [0.1, 0.15) is 5.56 Å². The molecule has 6 nitrogen and oxygen atoms in total. The van der Waals surface area contributed by atoms with Crippen molar-refractivity contribution in [3.05, 3.63) is 52.4 Å². The molecule has 2 aromatic carbocycles. The highest BCUT2D eigenvalue weighted by Crippen LogP contribution is 2.34. The Balaban J connectivity index is 0.00000210. The van der Waals surface area contributed by atoms with E-state index in [1.807, 2.05) is 20.2 Å². The predicted molar refractivity (Wildman–Crippen MR) is 97.1 cm³/mol. The average Bonchev–Trinajstić information content (AvgIpc) is 2.64. The monoisotopic (exact) mass is 389 g/mol. The number of phenols is 1. The molecule has 0 amide bonds. The maximum atomic E-state index is 13.0. The van der Waals surface area contributed by atoms with E-state index in [2.05, 4.69) is 0 Å². The normalized spacial score (nSPS) is 12.9. The Morgan fingerprint density at radius 1 is 1.07 bits per heavy atom. The number of rotatable bonds is 3. The van der Waals surface area contributed by atoms with Crippen molar-refractivity contribution in [2.24, 2.45) is 0 Å². The lowest BCUT2D eigenvalue weighted by atomic mass is 10.0. The summed E-state index contributed by atoms with van der Waals surface area (Å²) in [5.41, 5.74) is 2.07. The van der Waals surface area contributed by atoms with E-state index in [0.29, 0.717) is 58.9 Å². The van der Waals surface area contributed by atoms with Crippen LogP contribution in [0.25, 0.3) is 22.1 Å². The highest BCUT2D eigenvalue weighted by molar-refractivity contribution is 5.85. The van der Waals surface area contributed by atoms with E-state index >= 15 is 0 Å². The van der Waals surface area contributed by atoms with Gasteiger partial charge in [-0.05, 0) is 29.8 Å². The van der Waals surface area contributed by atoms with E-state index in [4.69, 9.17) is 13.9 Å². The summed E-state index contributed by atoms with van der Waals surface area (Å²) in [6.45, 7) is 1.55. The van der Waals surface area contributed by atoms with Gasteiger partial charge in [0.2, 0.25) is 5.43 Å². The second-order valence-electron chi connectivity index (χ2n) is 6.66. The first kappa shape index (κ1) is 19.1. The molecule has 0 bridgehead atoms. The van der Waals surface area contributed by atoms with Crippen molar-refractivity contribution in [2.45, 2.75) is 6.54 Å². The summed E-state index contributed by atoms with van der Waals surface area (Å²) < 4.78 is 16.9. The molecule has 27 heavy (non-hydrogen) atoms. The number of nitrogens with one attached hydrogen (secondary N) is 1. The molecule has 142 valence electrons. The second-order valence-corrected chi connectivity index (χ2v) is 6.66. The van der Waals surface area contributed by atoms with Gasteiger partial charge >= 0.3 is 0 Å². The number of halogens is 1. The number of hydrogen-bond acceptors (Lipinski definition) is 5. The first-order valence-corrected chi connectivity index (χ1v) is 8.50. The van der Waals surface area contributed by atoms with E-state index in [-0.39, 0.29) is 23.6 Å². The van der Waals surface area contributed by atoms with E-state index in [1.54, 1.807) is 24.3 Å². The van der Waals surface area contributed by atoms with Crippen molar-refractivity contribution in [2.75, 3.05) is 27.3 Å². The minimum atomic E-state index is -0.141. The Morgan fingerprint density at radius 3 is 2.56 bits per heavy atom. The molecule has 0 radical (unpaired) electrons. The van der Waals surface area contributed by atoms with Crippen molar-refractivity contribution in [1.29, 1.82) is 0 Å². The minimum Gasteiger partial charge on any atom is -1.00 e. The summed E-state index contributed by atoms with van der Waals surface area (Å²) in [5.74, 6) is 1.43. The van der Waals surface area contributed by atoms with E-state index < -0.39 is 0 Å². The predicted octanol–water partition coefficient (Wildman–Crippen LogP) is -1.41. The summed E-state index contributed by atoms with van der Waals surface area (Å²) in [5, 5.41) is 10.6. The molecule has 0 atom stereocenters. The summed E-state index contributed by atoms with van der Waals surface area (Å²) >= 11 is 0. The lowest BCUT2D eigenvalue weighted by Gasteiger charge is -2.18. The Hall–Kier alpha value is -2.70. The first-order valence-electron chi connectivity index (χ1n) is 8.50. The summed E-state index contributed by atoms with van der Waals surface area (Å²) in [6, 6.07) is 8.55. The average molecular weight is 390 g/mol. The highest BCUT2D eigenvalue weighted by atomic mass is 35.5. The van der Waals surface area contributed by atoms with Gasteiger partial charge in [-0.1, -0.05) is 6.07 Å². The van der Waals surface area contributed by atoms with E-state index in [9.17, 15) is 9.90 Å². The zero-order valence-electron chi connectivity index (χ0n) is 15.0. The third-order valence-corrected chi connectivity index (χ3v) is 4.40. The van der Waals surface area contributed by atoms with Crippen LogP contribution >= 0.6 is 0 Å². The lowest BCUT2D eigenvalue weighted by Crippen LogP contribution is -3.04. The molecule has 0 saturated heterocycles. The van der Waals surface area contributed by atoms with Gasteiger partial charge in [0.15, 0.2) is 11.5 Å². The van der Waals surface area contributed by atoms with Crippen LogP contribution in [0.4, 0.5) is 0 Å². The quantitative estimate of drug-likeness (QED) is 0.575. The maximum absolute atomic E-state index is 13.0. The molecule has 0 spiro atoms. The topological polar surface area (TPSA) is 73.3 Å². The number of benzene rings is 2. The van der Waals surface area contributed by atoms with Gasteiger partial charge in [0.1, 0.15) is 37.4 Å². The van der Waals surface area contributed by atoms with Gasteiger partial charge in [-0.15, -0.1) is 0 Å². The molecule has 1 aliphatic heterocycles. The molecule has 2 heterocycles. The Kier molecular flexibility index (Phi) is 5.30. The Bertz CT molecular complexity index is 1040. The van der Waals surface area contributed by atoms with Gasteiger partial charge in [-0.3, -0.25) is 4.79 Å². The van der Waals surface area contributed by atoms with Gasteiger partial charge in [0.25, 0.3) is 0 Å². The molecule has 4 rings (SSSR count). The zero-order valence-corrected chi connectivity index (χ0v) is 15.8. The van der Waals surface area contributed by atoms with Crippen LogP contribution in [-0.2, 0) is 6.54 Å². The fraction of sp³-hybridized carbons (Fsp3) is 0.250. The van der Waals surface area contributed by atoms with E-state index in [0.717, 1.165) is 4.90 Å². The van der Waals surface area contributed by atoms with Gasteiger partial charge in [-0.25, -0.2) is 0 Å². The molecule has 1 aliphatic rings. The van der Waals surface area contributed by atoms with Crippen LogP contribution < -0.4 is 32.2 Å². The smallest absolute Gasteiger partial charge is 0.200 e. The zero-order chi connectivity index (χ0) is 18.3. The SMILES string of the molecule is C[NH+](C)Cc1c(O)ccc2c(=O)c(-c3ccc4c(c3)OCCO4)coc12.[Cl-]. The molecule has 0 unspecified atom stereocenters. The van der Waals surface area contributed by atoms with E-state index in [1.165, 1.54) is 6.26 Å². The second kappa shape index (κ2) is 7.50. The minimum absolute atomic E-state index is 0. The Labute approximate surface area is 162 Å². The van der Waals surface area contributed by atoms with Crippen LogP contribution in [0.5, 0.6) is 17.2 Å². The van der Waals surface area contributed by atoms with Crippen LogP contribution in [0.15, 0.2) is 45.8 Å². The fourth-order valence-electron chi connectivity index (χ4n) is 3.18. The summed E-state index contributed by atoms with van der Waals surface area (Å²) in [7, 11) is 3.94. The molecule has 0 fully saturated rings. The number of aromatic hydroxyl groups is 1. The Morgan fingerprint density at radius 2 is 1.81 bits per heavy atom. The van der Waals surface area contributed by atoms with Crippen LogP contribution in [0, 0.1) is 0 Å². The van der Waals surface area contributed by atoms with Crippen molar-refractivity contribution in [3.8, 4) is 28.4 Å². The van der Waals surface area contributed by atoms with Gasteiger partial charge in [0.05, 0.1) is 30.6 Å². The lowest BCUT2D eigenvalue weighted by molar-refractivity contribution is -0.872. The van der Waals surface area contributed by atoms with Gasteiger partial charge in [0, 0.05) is 0 Å². The third-order valence-electron chi connectivity index (χ3n) is 4.40. The number of ether oxygens (including phenoxy) is 2. The van der Waals surface area contributed by atoms with Crippen molar-refractivity contribution >= 4 is 11.0 Å². The van der Waals surface area contributed by atoms with Crippen molar-refractivity contribution < 1.29 is 36.3 Å². The largest absolute Gasteiger partial charge is 1.00 e. The number of quaternary nitrogens is 1. The molecular weight excluding hydrogens is 370 g/mol. The molecule has 1 aromatic heterocycles. The number of hydrogen-bond donors (Lipinski definition) is 2. The molecule has 0 saturated carbocycles. The summed E-state index contributed by atoms with van der Waals surface area (Å²) in [4.78, 5) is 14.1. The standard InChI is InChI=1S/C20H19NO5.ClH/c1-21(2)10-14-16(22)5-4-13-19(23)15(11-26-20(13)14)12-3-6-17-18(9-12)25-8-7-24-17;/h3-6,9,11,22H,7-8,10H2,1-2H3;1H.